The number of hydrogen-bond donors (Lipinski definition) is 2. The molecule has 8 heteroatoms. The molecule has 29 heavy (non-hydrogen) atoms. The van der Waals surface area contributed by atoms with Crippen LogP contribution in [0.25, 0.3) is 0 Å². The maximum atomic E-state index is 11.8. The quantitative estimate of drug-likeness (QED) is 0.292. The third-order valence-electron chi connectivity index (χ3n) is 5.43. The van der Waals surface area contributed by atoms with Crippen molar-refractivity contribution in [2.45, 2.75) is 77.6 Å². The van der Waals surface area contributed by atoms with Gasteiger partial charge in [0.15, 0.2) is 0 Å². The fourth-order valence-corrected chi connectivity index (χ4v) is 4.37. The highest BCUT2D eigenvalue weighted by atomic mass is 32.1. The summed E-state index contributed by atoms with van der Waals surface area (Å²) in [6.07, 6.45) is 12.4. The van der Waals surface area contributed by atoms with E-state index in [0.717, 1.165) is 23.7 Å². The first-order valence-corrected chi connectivity index (χ1v) is 11.6. The molecule has 0 heterocycles. The number of rotatable bonds is 5. The summed E-state index contributed by atoms with van der Waals surface area (Å²) in [5.41, 5.74) is 5.21. The van der Waals surface area contributed by atoms with Crippen LogP contribution < -0.4 is 10.9 Å². The molecule has 2 saturated carbocycles. The van der Waals surface area contributed by atoms with Crippen LogP contribution in [0.1, 0.15) is 77.6 Å². The van der Waals surface area contributed by atoms with Crippen LogP contribution in [0.4, 0.5) is 0 Å². The minimum absolute atomic E-state index is 0.213. The number of thiocarbonyl (C=S) groups is 2. The van der Waals surface area contributed by atoms with Crippen molar-refractivity contribution in [1.82, 2.24) is 20.9 Å². The third-order valence-corrected chi connectivity index (χ3v) is 6.37. The molecular formula is C21H38N4O2S2. The van der Waals surface area contributed by atoms with Gasteiger partial charge in [-0.05, 0) is 43.4 Å². The minimum Gasteiger partial charge on any atom is -0.289 e. The first kappa shape index (κ1) is 25.9. The second-order valence-electron chi connectivity index (χ2n) is 8.32. The van der Waals surface area contributed by atoms with Gasteiger partial charge in [-0.25, -0.2) is 5.01 Å². The summed E-state index contributed by atoms with van der Waals surface area (Å²) in [5.74, 6) is 0.451. The lowest BCUT2D eigenvalue weighted by molar-refractivity contribution is -0.132. The van der Waals surface area contributed by atoms with Crippen molar-refractivity contribution in [3.05, 3.63) is 0 Å². The summed E-state index contributed by atoms with van der Waals surface area (Å²) in [5, 5.41) is 3.10. The van der Waals surface area contributed by atoms with E-state index >= 15 is 0 Å². The molecule has 0 aromatic carbocycles. The molecule has 166 valence electrons. The lowest BCUT2D eigenvalue weighted by Gasteiger charge is -2.26. The van der Waals surface area contributed by atoms with Crippen molar-refractivity contribution in [3.63, 3.8) is 0 Å². The van der Waals surface area contributed by atoms with Gasteiger partial charge in [0.25, 0.3) is 0 Å². The van der Waals surface area contributed by atoms with E-state index in [1.54, 1.807) is 26.2 Å². The molecular weight excluding hydrogens is 404 g/mol. The zero-order valence-corrected chi connectivity index (χ0v) is 20.1. The number of nitrogens with zero attached hydrogens (tertiary/aromatic N) is 2. The Kier molecular flexibility index (Phi) is 12.5. The van der Waals surface area contributed by atoms with Gasteiger partial charge < -0.3 is 0 Å². The number of nitrogens with one attached hydrogen (secondary N) is 2. The maximum absolute atomic E-state index is 11.8. The summed E-state index contributed by atoms with van der Waals surface area (Å²) in [6, 6.07) is 0. The monoisotopic (exact) mass is 442 g/mol. The van der Waals surface area contributed by atoms with Crippen molar-refractivity contribution in [2.75, 3.05) is 21.1 Å². The van der Waals surface area contributed by atoms with Crippen LogP contribution in [0.5, 0.6) is 0 Å². The number of amides is 2. The first-order chi connectivity index (χ1) is 13.7. The molecule has 2 N–H and O–H groups in total. The Labute approximate surface area is 187 Å². The van der Waals surface area contributed by atoms with Crippen molar-refractivity contribution in [2.24, 2.45) is 11.8 Å². The zero-order chi connectivity index (χ0) is 21.8. The molecule has 2 amide bonds. The van der Waals surface area contributed by atoms with E-state index < -0.39 is 0 Å². The Hall–Kier alpha value is -1.12. The largest absolute Gasteiger partial charge is 0.289 e. The molecule has 0 atom stereocenters. The first-order valence-electron chi connectivity index (χ1n) is 10.7. The second kappa shape index (κ2) is 14.0. The lowest BCUT2D eigenvalue weighted by Crippen LogP contribution is -2.47. The Bertz CT molecular complexity index is 555. The highest BCUT2D eigenvalue weighted by Gasteiger charge is 2.21. The molecule has 0 radical (unpaired) electrons. The fraction of sp³-hybridized carbons (Fsp3) is 0.810. The maximum Gasteiger partial charge on any atom is 0.247 e. The molecule has 0 aromatic heterocycles. The van der Waals surface area contributed by atoms with Crippen LogP contribution in [0, 0.1) is 11.8 Å². The predicted molar refractivity (Wildman–Crippen MR) is 126 cm³/mol. The van der Waals surface area contributed by atoms with Crippen molar-refractivity contribution in [1.29, 1.82) is 0 Å². The van der Waals surface area contributed by atoms with Gasteiger partial charge >= 0.3 is 0 Å². The number of carbonyl (C=O) groups is 2. The molecule has 2 aliphatic rings. The summed E-state index contributed by atoms with van der Waals surface area (Å²) < 4.78 is 0. The van der Waals surface area contributed by atoms with Gasteiger partial charge in [-0.2, -0.15) is 0 Å². The van der Waals surface area contributed by atoms with Gasteiger partial charge in [0.1, 0.15) is 6.42 Å². The van der Waals surface area contributed by atoms with E-state index in [1.165, 1.54) is 61.2 Å². The van der Waals surface area contributed by atoms with E-state index in [1.807, 2.05) is 0 Å². The van der Waals surface area contributed by atoms with Crippen molar-refractivity contribution >= 4 is 46.1 Å². The predicted octanol–water partition coefficient (Wildman–Crippen LogP) is 3.80. The molecule has 2 aliphatic carbocycles. The van der Waals surface area contributed by atoms with Crippen LogP contribution in [0.2, 0.25) is 0 Å². The Balaban J connectivity index is 0.000000436. The molecule has 6 nitrogen and oxygen atoms in total. The summed E-state index contributed by atoms with van der Waals surface area (Å²) in [6.45, 7) is 2.07. The second-order valence-corrected chi connectivity index (χ2v) is 9.38. The van der Waals surface area contributed by atoms with Crippen LogP contribution >= 0.6 is 24.4 Å². The topological polar surface area (TPSA) is 64.7 Å². The van der Waals surface area contributed by atoms with Crippen LogP contribution in [0.15, 0.2) is 0 Å². The van der Waals surface area contributed by atoms with E-state index in [-0.39, 0.29) is 18.2 Å². The van der Waals surface area contributed by atoms with Gasteiger partial charge in [0.2, 0.25) is 11.8 Å². The van der Waals surface area contributed by atoms with Gasteiger partial charge in [0.05, 0.1) is 4.99 Å². The average Bonchev–Trinajstić information content (AvgIpc) is 3.04. The van der Waals surface area contributed by atoms with Crippen molar-refractivity contribution in [3.8, 4) is 0 Å². The molecule has 0 unspecified atom stereocenters. The van der Waals surface area contributed by atoms with Gasteiger partial charge in [-0.15, -0.1) is 0 Å². The molecule has 0 aromatic rings. The van der Waals surface area contributed by atoms with E-state index in [0.29, 0.717) is 5.92 Å². The minimum atomic E-state index is -0.354. The molecule has 0 aliphatic heterocycles. The summed E-state index contributed by atoms with van der Waals surface area (Å²) >= 11 is 10.5. The molecule has 2 rings (SSSR count). The molecule has 0 saturated heterocycles. The molecule has 2 fully saturated rings. The molecule has 0 spiro atoms. The lowest BCUT2D eigenvalue weighted by atomic mass is 10.0. The van der Waals surface area contributed by atoms with Crippen molar-refractivity contribution < 1.29 is 9.59 Å². The van der Waals surface area contributed by atoms with E-state index in [4.69, 9.17) is 24.4 Å². The van der Waals surface area contributed by atoms with E-state index in [2.05, 4.69) is 17.8 Å². The summed E-state index contributed by atoms with van der Waals surface area (Å²) in [7, 11) is 5.14. The number of hydrazine groups is 2. The number of hydrogen-bond acceptors (Lipinski definition) is 5. The van der Waals surface area contributed by atoms with E-state index in [9.17, 15) is 9.59 Å². The fourth-order valence-electron chi connectivity index (χ4n) is 3.85. The smallest absolute Gasteiger partial charge is 0.247 e. The normalized spacial score (nSPS) is 17.7. The summed E-state index contributed by atoms with van der Waals surface area (Å²) in [4.78, 5) is 25.3. The van der Waals surface area contributed by atoms with Gasteiger partial charge in [0, 0.05) is 27.1 Å². The Morgan fingerprint density at radius 3 is 1.69 bits per heavy atom. The highest BCUT2D eigenvalue weighted by molar-refractivity contribution is 7.80. The highest BCUT2D eigenvalue weighted by Crippen LogP contribution is 2.26. The van der Waals surface area contributed by atoms with Gasteiger partial charge in [-0.1, -0.05) is 63.0 Å². The Morgan fingerprint density at radius 1 is 0.793 bits per heavy atom. The van der Waals surface area contributed by atoms with Gasteiger partial charge in [-0.3, -0.25) is 25.4 Å². The average molecular weight is 443 g/mol. The van der Waals surface area contributed by atoms with Crippen LogP contribution in [0.3, 0.4) is 0 Å². The molecule has 0 bridgehead atoms. The third kappa shape index (κ3) is 11.0. The Morgan fingerprint density at radius 2 is 1.24 bits per heavy atom. The SMILES string of the molecule is CC(=S)C1CCCC1.CN(C)NC(=O)CC(=O)NN(C)C(=S)C1CCCCCC1. The zero-order valence-electron chi connectivity index (χ0n) is 18.5. The standard InChI is InChI=1S/C14H26N4O2S.C7H12S/c1-17(2)15-12(19)10-13(20)16-18(3)14(21)11-8-6-4-5-7-9-11;1-6(8)7-4-2-3-5-7/h11H,4-10H2,1-3H3,(H,15,19)(H,16,20);7H,2-5H2,1H3. The van der Waals surface area contributed by atoms with Crippen LogP contribution in [-0.2, 0) is 9.59 Å². The van der Waals surface area contributed by atoms with Crippen LogP contribution in [-0.4, -0.2) is 52.8 Å². The number of carbonyl (C=O) groups excluding carboxylic acids is 2.